The Labute approximate surface area is 113 Å². The lowest BCUT2D eigenvalue weighted by Crippen LogP contribution is -2.33. The van der Waals surface area contributed by atoms with Gasteiger partial charge in [-0.3, -0.25) is 9.78 Å². The molecule has 1 atom stereocenters. The van der Waals surface area contributed by atoms with E-state index in [0.717, 1.165) is 10.9 Å². The van der Waals surface area contributed by atoms with Gasteiger partial charge in [0.15, 0.2) is 0 Å². The topological polar surface area (TPSA) is 59.2 Å². The van der Waals surface area contributed by atoms with Crippen molar-refractivity contribution >= 4 is 16.8 Å². The number of amides is 1. The molecule has 4 nitrogen and oxygen atoms in total. The molecule has 2 N–H and O–H groups in total. The summed E-state index contributed by atoms with van der Waals surface area (Å²) in [5.74, 6) is 0.306. The molecule has 2 aromatic rings. The van der Waals surface area contributed by atoms with Crippen LogP contribution in [-0.4, -0.2) is 35.9 Å². The van der Waals surface area contributed by atoms with Gasteiger partial charge in [0.05, 0.1) is 5.52 Å². The summed E-state index contributed by atoms with van der Waals surface area (Å²) in [6.07, 6.45) is 1.73. The first-order valence-electron chi connectivity index (χ1n) is 6.42. The van der Waals surface area contributed by atoms with Gasteiger partial charge in [-0.05, 0) is 30.7 Å². The fraction of sp³-hybridized carbons (Fsp3) is 0.333. The number of benzene rings is 1. The normalized spacial score (nSPS) is 12.4. The highest BCUT2D eigenvalue weighted by Gasteiger charge is 2.16. The minimum atomic E-state index is 0.0129. The molecule has 100 valence electrons. The second-order valence-electron chi connectivity index (χ2n) is 4.90. The van der Waals surface area contributed by atoms with E-state index in [9.17, 15) is 4.79 Å². The molecule has 1 aromatic carbocycles. The summed E-state index contributed by atoms with van der Waals surface area (Å²) in [4.78, 5) is 18.5. The van der Waals surface area contributed by atoms with Crippen molar-refractivity contribution in [2.45, 2.75) is 6.92 Å². The number of aromatic nitrogens is 1. The Hall–Kier alpha value is -1.94. The lowest BCUT2D eigenvalue weighted by atomic mass is 10.1. The summed E-state index contributed by atoms with van der Waals surface area (Å²) in [6, 6.07) is 9.39. The summed E-state index contributed by atoms with van der Waals surface area (Å²) in [7, 11) is 1.81. The quantitative estimate of drug-likeness (QED) is 0.910. The van der Waals surface area contributed by atoms with Gasteiger partial charge in [0, 0.05) is 30.7 Å². The standard InChI is InChI=1S/C15H19N3O/c1-11(9-16)10-18(2)15(19)13-5-3-7-14-12(13)6-4-8-17-14/h3-8,11H,9-10,16H2,1-2H3. The lowest BCUT2D eigenvalue weighted by Gasteiger charge is -2.21. The second-order valence-corrected chi connectivity index (χ2v) is 4.90. The van der Waals surface area contributed by atoms with Crippen LogP contribution in [0.5, 0.6) is 0 Å². The van der Waals surface area contributed by atoms with Gasteiger partial charge in [-0.25, -0.2) is 0 Å². The molecule has 0 spiro atoms. The molecule has 19 heavy (non-hydrogen) atoms. The van der Waals surface area contributed by atoms with Gasteiger partial charge in [0.1, 0.15) is 0 Å². The molecule has 0 fully saturated rings. The summed E-state index contributed by atoms with van der Waals surface area (Å²) in [5.41, 5.74) is 7.14. The van der Waals surface area contributed by atoms with Crippen molar-refractivity contribution in [1.29, 1.82) is 0 Å². The van der Waals surface area contributed by atoms with Crippen LogP contribution in [0.2, 0.25) is 0 Å². The molecule has 4 heteroatoms. The Morgan fingerprint density at radius 3 is 2.89 bits per heavy atom. The summed E-state index contributed by atoms with van der Waals surface area (Å²) in [5, 5.41) is 0.891. The number of pyridine rings is 1. The van der Waals surface area contributed by atoms with Crippen molar-refractivity contribution in [2.75, 3.05) is 20.1 Å². The van der Waals surface area contributed by atoms with Crippen LogP contribution in [0, 0.1) is 5.92 Å². The van der Waals surface area contributed by atoms with Crippen LogP contribution >= 0.6 is 0 Å². The zero-order valence-corrected chi connectivity index (χ0v) is 11.3. The third-order valence-electron chi connectivity index (χ3n) is 3.21. The molecule has 0 aliphatic rings. The van der Waals surface area contributed by atoms with Gasteiger partial charge in [-0.1, -0.05) is 19.1 Å². The second kappa shape index (κ2) is 5.80. The van der Waals surface area contributed by atoms with Crippen LogP contribution in [0.15, 0.2) is 36.5 Å². The Morgan fingerprint density at radius 2 is 2.16 bits per heavy atom. The van der Waals surface area contributed by atoms with Crippen LogP contribution in [0.3, 0.4) is 0 Å². The van der Waals surface area contributed by atoms with Crippen LogP contribution in [0.25, 0.3) is 10.9 Å². The van der Waals surface area contributed by atoms with E-state index in [0.29, 0.717) is 24.6 Å². The predicted octanol–water partition coefficient (Wildman–Crippen LogP) is 1.90. The number of carbonyl (C=O) groups is 1. The maximum atomic E-state index is 12.5. The van der Waals surface area contributed by atoms with Gasteiger partial charge < -0.3 is 10.6 Å². The average Bonchev–Trinajstić information content (AvgIpc) is 2.45. The van der Waals surface area contributed by atoms with Crippen LogP contribution in [0.1, 0.15) is 17.3 Å². The van der Waals surface area contributed by atoms with Gasteiger partial charge in [0.2, 0.25) is 0 Å². The molecule has 0 radical (unpaired) electrons. The van der Waals surface area contributed by atoms with Gasteiger partial charge in [-0.15, -0.1) is 0 Å². The molecule has 0 bridgehead atoms. The average molecular weight is 257 g/mol. The molecule has 0 saturated heterocycles. The van der Waals surface area contributed by atoms with E-state index in [1.165, 1.54) is 0 Å². The highest BCUT2D eigenvalue weighted by Crippen LogP contribution is 2.18. The summed E-state index contributed by atoms with van der Waals surface area (Å²) < 4.78 is 0. The van der Waals surface area contributed by atoms with Crippen LogP contribution in [-0.2, 0) is 0 Å². The number of fused-ring (bicyclic) bond motifs is 1. The highest BCUT2D eigenvalue weighted by atomic mass is 16.2. The summed E-state index contributed by atoms with van der Waals surface area (Å²) >= 11 is 0. The van der Waals surface area contributed by atoms with Crippen LogP contribution < -0.4 is 5.73 Å². The first-order valence-corrected chi connectivity index (χ1v) is 6.42. The van der Waals surface area contributed by atoms with E-state index < -0.39 is 0 Å². The summed E-state index contributed by atoms with van der Waals surface area (Å²) in [6.45, 7) is 3.27. The Kier molecular flexibility index (Phi) is 4.12. The van der Waals surface area contributed by atoms with Crippen molar-refractivity contribution in [3.63, 3.8) is 0 Å². The minimum Gasteiger partial charge on any atom is -0.341 e. The maximum absolute atomic E-state index is 12.5. The smallest absolute Gasteiger partial charge is 0.254 e. The van der Waals surface area contributed by atoms with Crippen molar-refractivity contribution in [3.05, 3.63) is 42.1 Å². The van der Waals surface area contributed by atoms with Crippen molar-refractivity contribution < 1.29 is 4.79 Å². The first-order chi connectivity index (χ1) is 9.13. The predicted molar refractivity (Wildman–Crippen MR) is 76.9 cm³/mol. The molecule has 0 aliphatic heterocycles. The number of nitrogens with two attached hydrogens (primary N) is 1. The number of nitrogens with zero attached hydrogens (tertiary/aromatic N) is 2. The lowest BCUT2D eigenvalue weighted by molar-refractivity contribution is 0.0779. The fourth-order valence-corrected chi connectivity index (χ4v) is 2.12. The van der Waals surface area contributed by atoms with Gasteiger partial charge >= 0.3 is 0 Å². The van der Waals surface area contributed by atoms with E-state index in [-0.39, 0.29) is 5.91 Å². The van der Waals surface area contributed by atoms with Crippen molar-refractivity contribution in [2.24, 2.45) is 11.7 Å². The zero-order valence-electron chi connectivity index (χ0n) is 11.3. The van der Waals surface area contributed by atoms with Gasteiger partial charge in [0.25, 0.3) is 5.91 Å². The van der Waals surface area contributed by atoms with E-state index in [4.69, 9.17) is 5.73 Å². The number of carbonyl (C=O) groups excluding carboxylic acids is 1. The third kappa shape index (κ3) is 2.90. The number of hydrogen-bond acceptors (Lipinski definition) is 3. The fourth-order valence-electron chi connectivity index (χ4n) is 2.12. The molecule has 0 aliphatic carbocycles. The Balaban J connectivity index is 2.31. The Morgan fingerprint density at radius 1 is 1.37 bits per heavy atom. The molecule has 1 amide bonds. The van der Waals surface area contributed by atoms with E-state index in [2.05, 4.69) is 4.98 Å². The molecular weight excluding hydrogens is 238 g/mol. The number of hydrogen-bond donors (Lipinski definition) is 1. The molecular formula is C15H19N3O. The SMILES string of the molecule is CC(CN)CN(C)C(=O)c1cccc2ncccc12. The number of rotatable bonds is 4. The third-order valence-corrected chi connectivity index (χ3v) is 3.21. The monoisotopic (exact) mass is 257 g/mol. The van der Waals surface area contributed by atoms with Gasteiger partial charge in [-0.2, -0.15) is 0 Å². The molecule has 1 heterocycles. The molecule has 1 aromatic heterocycles. The van der Waals surface area contributed by atoms with Crippen molar-refractivity contribution in [1.82, 2.24) is 9.88 Å². The Bertz CT molecular complexity index is 577. The maximum Gasteiger partial charge on any atom is 0.254 e. The van der Waals surface area contributed by atoms with Crippen LogP contribution in [0.4, 0.5) is 0 Å². The largest absolute Gasteiger partial charge is 0.341 e. The minimum absolute atomic E-state index is 0.0129. The van der Waals surface area contributed by atoms with E-state index in [1.807, 2.05) is 44.3 Å². The highest BCUT2D eigenvalue weighted by molar-refractivity contribution is 6.06. The first kappa shape index (κ1) is 13.5. The zero-order chi connectivity index (χ0) is 13.8. The molecule has 2 rings (SSSR count). The van der Waals surface area contributed by atoms with E-state index >= 15 is 0 Å². The molecule has 1 unspecified atom stereocenters. The van der Waals surface area contributed by atoms with E-state index in [1.54, 1.807) is 11.1 Å². The molecule has 0 saturated carbocycles. The van der Waals surface area contributed by atoms with Crippen molar-refractivity contribution in [3.8, 4) is 0 Å².